The highest BCUT2D eigenvalue weighted by Gasteiger charge is 2.46. The van der Waals surface area contributed by atoms with Crippen LogP contribution >= 0.6 is 0 Å². The second-order valence-corrected chi connectivity index (χ2v) is 9.03. The molecule has 1 atom stereocenters. The summed E-state index contributed by atoms with van der Waals surface area (Å²) < 4.78 is 2.04. The first kappa shape index (κ1) is 20.7. The van der Waals surface area contributed by atoms with E-state index in [4.69, 9.17) is 0 Å². The van der Waals surface area contributed by atoms with Crippen molar-refractivity contribution in [1.82, 2.24) is 24.4 Å². The number of fused-ring (bicyclic) bond motifs is 1. The number of hydrogen-bond donors (Lipinski definition) is 0. The van der Waals surface area contributed by atoms with Crippen LogP contribution in [-0.4, -0.2) is 62.4 Å². The summed E-state index contributed by atoms with van der Waals surface area (Å²) >= 11 is 0. The van der Waals surface area contributed by atoms with E-state index in [-0.39, 0.29) is 17.7 Å². The van der Waals surface area contributed by atoms with Gasteiger partial charge >= 0.3 is 0 Å². The van der Waals surface area contributed by atoms with Crippen LogP contribution < -0.4 is 0 Å². The maximum atomic E-state index is 14.1. The van der Waals surface area contributed by atoms with Crippen LogP contribution in [0, 0.1) is 0 Å². The van der Waals surface area contributed by atoms with Crippen molar-refractivity contribution >= 4 is 17.5 Å². The van der Waals surface area contributed by atoms with Gasteiger partial charge in [-0.2, -0.15) is 0 Å². The molecule has 2 aliphatic heterocycles. The van der Waals surface area contributed by atoms with Gasteiger partial charge in [-0.15, -0.1) is 10.2 Å². The Kier molecular flexibility index (Phi) is 5.41. The number of nitrogens with zero attached hydrogens (tertiary/aromatic N) is 5. The third-order valence-electron chi connectivity index (χ3n) is 7.21. The number of benzene rings is 1. The smallest absolute Gasteiger partial charge is 0.233 e. The molecule has 2 amide bonds. The molecule has 166 valence electrons. The third-order valence-corrected chi connectivity index (χ3v) is 7.21. The normalized spacial score (nSPS) is 21.0. The minimum atomic E-state index is -0.581. The molecule has 2 aromatic heterocycles. The average molecular weight is 432 g/mol. The molecule has 7 nitrogen and oxygen atoms in total. The van der Waals surface area contributed by atoms with Gasteiger partial charge in [-0.3, -0.25) is 14.0 Å². The van der Waals surface area contributed by atoms with Crippen LogP contribution in [0.1, 0.15) is 49.9 Å². The fourth-order valence-corrected chi connectivity index (χ4v) is 5.40. The summed E-state index contributed by atoms with van der Waals surface area (Å²) in [5.41, 5.74) is 1.31. The van der Waals surface area contributed by atoms with E-state index < -0.39 is 5.41 Å². The van der Waals surface area contributed by atoms with Gasteiger partial charge in [-0.25, -0.2) is 0 Å². The first-order chi connectivity index (χ1) is 15.6. The molecule has 0 bridgehead atoms. The Morgan fingerprint density at radius 1 is 0.938 bits per heavy atom. The Labute approximate surface area is 188 Å². The van der Waals surface area contributed by atoms with Gasteiger partial charge in [0.25, 0.3) is 0 Å². The molecule has 0 radical (unpaired) electrons. The number of carbonyl (C=O) groups excluding carboxylic acids is 2. The van der Waals surface area contributed by atoms with Crippen LogP contribution in [0.2, 0.25) is 0 Å². The molecule has 5 rings (SSSR count). The summed E-state index contributed by atoms with van der Waals surface area (Å²) in [6.45, 7) is 4.25. The van der Waals surface area contributed by atoms with E-state index in [1.807, 2.05) is 56.8 Å². The van der Waals surface area contributed by atoms with Crippen molar-refractivity contribution in [3.8, 4) is 0 Å². The first-order valence-electron chi connectivity index (χ1n) is 11.5. The van der Waals surface area contributed by atoms with Crippen molar-refractivity contribution in [3.63, 3.8) is 0 Å². The quantitative estimate of drug-likeness (QED) is 0.639. The van der Waals surface area contributed by atoms with Crippen LogP contribution in [-0.2, 0) is 15.0 Å². The zero-order valence-electron chi connectivity index (χ0n) is 18.5. The fraction of sp³-hybridized carbons (Fsp3) is 0.440. The van der Waals surface area contributed by atoms with E-state index in [0.717, 1.165) is 36.4 Å². The van der Waals surface area contributed by atoms with E-state index in [2.05, 4.69) is 22.3 Å². The summed E-state index contributed by atoms with van der Waals surface area (Å²) in [4.78, 5) is 29.9. The highest BCUT2D eigenvalue weighted by atomic mass is 16.2. The Morgan fingerprint density at radius 2 is 1.69 bits per heavy atom. The fourth-order valence-electron chi connectivity index (χ4n) is 5.40. The summed E-state index contributed by atoms with van der Waals surface area (Å²) in [5, 5.41) is 8.77. The second-order valence-electron chi connectivity index (χ2n) is 9.03. The van der Waals surface area contributed by atoms with Crippen LogP contribution in [0.4, 0.5) is 0 Å². The van der Waals surface area contributed by atoms with Crippen LogP contribution in [0.25, 0.3) is 5.65 Å². The predicted octanol–water partition coefficient (Wildman–Crippen LogP) is 3.02. The lowest BCUT2D eigenvalue weighted by Crippen LogP contribution is -2.55. The van der Waals surface area contributed by atoms with Gasteiger partial charge in [-0.05, 0) is 43.4 Å². The predicted molar refractivity (Wildman–Crippen MR) is 121 cm³/mol. The highest BCUT2D eigenvalue weighted by molar-refractivity contribution is 5.89. The maximum Gasteiger partial charge on any atom is 0.233 e. The first-order valence-corrected chi connectivity index (χ1v) is 11.5. The minimum absolute atomic E-state index is 0.0795. The lowest BCUT2D eigenvalue weighted by atomic mass is 9.71. The molecule has 3 aromatic rings. The number of aromatic nitrogens is 3. The van der Waals surface area contributed by atoms with Gasteiger partial charge in [0.05, 0.1) is 5.41 Å². The number of likely N-dealkylation sites (tertiary alicyclic amines) is 2. The monoisotopic (exact) mass is 431 g/mol. The zero-order valence-corrected chi connectivity index (χ0v) is 18.5. The number of pyridine rings is 1. The second kappa shape index (κ2) is 8.37. The van der Waals surface area contributed by atoms with E-state index in [9.17, 15) is 9.59 Å². The van der Waals surface area contributed by atoms with Crippen molar-refractivity contribution in [2.75, 3.05) is 26.2 Å². The summed E-state index contributed by atoms with van der Waals surface area (Å²) in [6.07, 6.45) is 5.25. The molecular formula is C25H29N5O2. The van der Waals surface area contributed by atoms with Crippen molar-refractivity contribution in [1.29, 1.82) is 0 Å². The van der Waals surface area contributed by atoms with Crippen molar-refractivity contribution in [2.24, 2.45) is 0 Å². The summed E-state index contributed by atoms with van der Waals surface area (Å²) in [5.74, 6) is 1.36. The van der Waals surface area contributed by atoms with Gasteiger partial charge in [0, 0.05) is 45.2 Å². The van der Waals surface area contributed by atoms with Gasteiger partial charge in [0.1, 0.15) is 5.82 Å². The van der Waals surface area contributed by atoms with E-state index in [1.165, 1.54) is 0 Å². The summed E-state index contributed by atoms with van der Waals surface area (Å²) in [7, 11) is 0. The van der Waals surface area contributed by atoms with Crippen LogP contribution in [0.15, 0.2) is 54.7 Å². The largest absolute Gasteiger partial charge is 0.343 e. The molecule has 4 heterocycles. The topological polar surface area (TPSA) is 70.8 Å². The Hall–Kier alpha value is -3.22. The molecule has 0 N–H and O–H groups in total. The molecule has 7 heteroatoms. The molecule has 0 spiro atoms. The van der Waals surface area contributed by atoms with E-state index >= 15 is 0 Å². The molecule has 1 aromatic carbocycles. The molecule has 32 heavy (non-hydrogen) atoms. The standard InChI is InChI=1S/C25H29N5O2/c1-19(31)28-16-12-25(13-17-28,21-9-3-2-4-10-21)24(32)29-14-7-8-20(18-29)23-27-26-22-11-5-6-15-30(22)23/h2-6,9-11,15,20H,7-8,12-14,16-18H2,1H3. The molecule has 2 fully saturated rings. The van der Waals surface area contributed by atoms with Crippen LogP contribution in [0.3, 0.4) is 0 Å². The van der Waals surface area contributed by atoms with Crippen LogP contribution in [0.5, 0.6) is 0 Å². The lowest BCUT2D eigenvalue weighted by molar-refractivity contribution is -0.143. The highest BCUT2D eigenvalue weighted by Crippen LogP contribution is 2.39. The van der Waals surface area contributed by atoms with E-state index in [0.29, 0.717) is 32.5 Å². The molecule has 0 aliphatic carbocycles. The molecule has 2 aliphatic rings. The molecule has 2 saturated heterocycles. The number of rotatable bonds is 3. The average Bonchev–Trinajstić information content (AvgIpc) is 3.28. The molecule has 1 unspecified atom stereocenters. The number of piperidine rings is 2. The van der Waals surface area contributed by atoms with Crippen molar-refractivity contribution in [3.05, 3.63) is 66.1 Å². The SMILES string of the molecule is CC(=O)N1CCC(C(=O)N2CCCC(c3nnc4ccccn34)C2)(c2ccccc2)CC1. The lowest BCUT2D eigenvalue weighted by Gasteiger charge is -2.45. The number of amides is 2. The number of carbonyl (C=O) groups is 2. The third kappa shape index (κ3) is 3.55. The Bertz CT molecular complexity index is 1120. The number of hydrogen-bond acceptors (Lipinski definition) is 4. The van der Waals surface area contributed by atoms with Crippen molar-refractivity contribution in [2.45, 2.75) is 43.9 Å². The zero-order chi connectivity index (χ0) is 22.1. The van der Waals surface area contributed by atoms with Gasteiger partial charge in [0.15, 0.2) is 5.65 Å². The Morgan fingerprint density at radius 3 is 2.44 bits per heavy atom. The molecule has 0 saturated carbocycles. The van der Waals surface area contributed by atoms with Gasteiger partial charge in [0.2, 0.25) is 11.8 Å². The minimum Gasteiger partial charge on any atom is -0.343 e. The van der Waals surface area contributed by atoms with E-state index in [1.54, 1.807) is 6.92 Å². The van der Waals surface area contributed by atoms with Gasteiger partial charge < -0.3 is 9.80 Å². The Balaban J connectivity index is 1.43. The van der Waals surface area contributed by atoms with Crippen molar-refractivity contribution < 1.29 is 9.59 Å². The molecular weight excluding hydrogens is 402 g/mol. The maximum absolute atomic E-state index is 14.1. The summed E-state index contributed by atoms with van der Waals surface area (Å²) in [6, 6.07) is 16.0. The van der Waals surface area contributed by atoms with Gasteiger partial charge in [-0.1, -0.05) is 36.4 Å².